The minimum Gasteiger partial charge on any atom is -0.319 e. The average Bonchev–Trinajstić information content (AvgIpc) is 3.72. The van der Waals surface area contributed by atoms with Crippen molar-refractivity contribution in [2.75, 3.05) is 0 Å². The number of hydrogen-bond acceptors (Lipinski definition) is 4. The Kier molecular flexibility index (Phi) is 6.78. The summed E-state index contributed by atoms with van der Waals surface area (Å²) in [6, 6.07) is 36.0. The maximum absolute atomic E-state index is 13.1. The highest BCUT2D eigenvalue weighted by atomic mass is 35.5. The molecule has 7 heteroatoms. The summed E-state index contributed by atoms with van der Waals surface area (Å²) < 4.78 is 3.89. The van der Waals surface area contributed by atoms with Crippen LogP contribution >= 0.6 is 22.9 Å². The number of imidazole rings is 1. The highest BCUT2D eigenvalue weighted by molar-refractivity contribution is 7.13. The number of aryl methyl sites for hydroxylation is 1. The van der Waals surface area contributed by atoms with Crippen LogP contribution in [0.1, 0.15) is 17.2 Å². The van der Waals surface area contributed by atoms with E-state index in [-0.39, 0.29) is 11.6 Å². The summed E-state index contributed by atoms with van der Waals surface area (Å²) in [5.41, 5.74) is 6.70. The first-order chi connectivity index (χ1) is 20.6. The molecule has 3 heterocycles. The largest absolute Gasteiger partial charge is 0.319 e. The number of halogens is 1. The minimum atomic E-state index is -0.189. The van der Waals surface area contributed by atoms with Crippen LogP contribution in [0.5, 0.6) is 0 Å². The van der Waals surface area contributed by atoms with Crippen LogP contribution < -0.4 is 5.56 Å². The molecule has 42 heavy (non-hydrogen) atoms. The first-order valence-electron chi connectivity index (χ1n) is 13.6. The van der Waals surface area contributed by atoms with Crippen molar-refractivity contribution in [3.8, 4) is 33.2 Å². The second kappa shape index (κ2) is 10.9. The minimum absolute atomic E-state index is 0.0723. The number of hydrogen-bond donors (Lipinski definition) is 0. The molecule has 1 atom stereocenters. The summed E-state index contributed by atoms with van der Waals surface area (Å²) in [6.07, 6.45) is 3.85. The van der Waals surface area contributed by atoms with E-state index in [4.69, 9.17) is 21.6 Å². The second-order valence-electron chi connectivity index (χ2n) is 10.1. The van der Waals surface area contributed by atoms with Crippen LogP contribution in [0.15, 0.2) is 132 Å². The zero-order valence-corrected chi connectivity index (χ0v) is 24.3. The Morgan fingerprint density at radius 1 is 0.810 bits per heavy atom. The summed E-state index contributed by atoms with van der Waals surface area (Å²) in [6.45, 7) is 0. The van der Waals surface area contributed by atoms with Gasteiger partial charge in [-0.25, -0.2) is 9.97 Å². The third kappa shape index (κ3) is 4.75. The maximum atomic E-state index is 13.1. The number of fused-ring (bicyclic) bond motifs is 1. The standard InChI is InChI=1S/C35H25ClN4OS/c1-39-31-17-14-26(20-28(31)29(21-32(39)41)35-38-30(22-42-35)23-8-4-2-5-9-23)33(24-12-15-27(36)16-13-24)40-19-18-37-34(40)25-10-6-3-7-11-25/h2-22,33H,1H3. The Morgan fingerprint density at radius 3 is 2.24 bits per heavy atom. The van der Waals surface area contributed by atoms with Gasteiger partial charge in [0, 0.05) is 58.0 Å². The lowest BCUT2D eigenvalue weighted by Gasteiger charge is -2.23. The molecule has 1 unspecified atom stereocenters. The Balaban J connectivity index is 1.43. The van der Waals surface area contributed by atoms with Crippen LogP contribution in [0.25, 0.3) is 44.1 Å². The van der Waals surface area contributed by atoms with Gasteiger partial charge in [0.25, 0.3) is 5.56 Å². The SMILES string of the molecule is Cn1c(=O)cc(-c2nc(-c3ccccc3)cs2)c2cc(C(c3ccc(Cl)cc3)n3ccnc3-c3ccccc3)ccc21. The van der Waals surface area contributed by atoms with Crippen molar-refractivity contribution in [3.63, 3.8) is 0 Å². The molecular formula is C35H25ClN4OS. The monoisotopic (exact) mass is 584 g/mol. The van der Waals surface area contributed by atoms with E-state index in [0.717, 1.165) is 55.2 Å². The van der Waals surface area contributed by atoms with Gasteiger partial charge in [0.05, 0.1) is 17.3 Å². The molecule has 0 aliphatic heterocycles. The number of pyridine rings is 1. The van der Waals surface area contributed by atoms with Gasteiger partial charge < -0.3 is 9.13 Å². The van der Waals surface area contributed by atoms with E-state index in [1.165, 1.54) is 0 Å². The Labute approximate surface area is 252 Å². The third-order valence-corrected chi connectivity index (χ3v) is 8.68. The highest BCUT2D eigenvalue weighted by Crippen LogP contribution is 2.37. The van der Waals surface area contributed by atoms with Crippen molar-refractivity contribution < 1.29 is 0 Å². The molecular weight excluding hydrogens is 560 g/mol. The van der Waals surface area contributed by atoms with Gasteiger partial charge in [0.2, 0.25) is 0 Å². The van der Waals surface area contributed by atoms with E-state index in [1.807, 2.05) is 91.6 Å². The molecule has 7 rings (SSSR count). The number of thiazole rings is 1. The fourth-order valence-corrected chi connectivity index (χ4v) is 6.44. The van der Waals surface area contributed by atoms with Gasteiger partial charge in [-0.15, -0.1) is 11.3 Å². The molecule has 0 aliphatic carbocycles. The van der Waals surface area contributed by atoms with E-state index < -0.39 is 0 Å². The van der Waals surface area contributed by atoms with Crippen molar-refractivity contribution >= 4 is 33.8 Å². The predicted molar refractivity (Wildman–Crippen MR) is 172 cm³/mol. The molecule has 7 aromatic rings. The highest BCUT2D eigenvalue weighted by Gasteiger charge is 2.22. The smallest absolute Gasteiger partial charge is 0.251 e. The molecule has 0 fully saturated rings. The first-order valence-corrected chi connectivity index (χ1v) is 14.8. The summed E-state index contributed by atoms with van der Waals surface area (Å²) in [4.78, 5) is 22.8. The molecule has 0 radical (unpaired) electrons. The lowest BCUT2D eigenvalue weighted by atomic mass is 9.95. The first kappa shape index (κ1) is 26.1. The van der Waals surface area contributed by atoms with Gasteiger partial charge in [-0.2, -0.15) is 0 Å². The van der Waals surface area contributed by atoms with Crippen molar-refractivity contribution in [2.45, 2.75) is 6.04 Å². The molecule has 0 amide bonds. The number of nitrogens with zero attached hydrogens (tertiary/aromatic N) is 4. The molecule has 204 valence electrons. The van der Waals surface area contributed by atoms with Crippen LogP contribution in [-0.4, -0.2) is 19.1 Å². The predicted octanol–water partition coefficient (Wildman–Crippen LogP) is 8.48. The van der Waals surface area contributed by atoms with Gasteiger partial charge in [-0.1, -0.05) is 90.5 Å². The number of aromatic nitrogens is 4. The zero-order valence-electron chi connectivity index (χ0n) is 22.7. The van der Waals surface area contributed by atoms with E-state index >= 15 is 0 Å². The summed E-state index contributed by atoms with van der Waals surface area (Å²) in [5, 5.41) is 4.50. The van der Waals surface area contributed by atoms with Gasteiger partial charge in [0.1, 0.15) is 10.8 Å². The molecule has 4 aromatic carbocycles. The second-order valence-corrected chi connectivity index (χ2v) is 11.4. The van der Waals surface area contributed by atoms with Gasteiger partial charge >= 0.3 is 0 Å². The van der Waals surface area contributed by atoms with Crippen molar-refractivity contribution in [1.29, 1.82) is 0 Å². The topological polar surface area (TPSA) is 52.7 Å². The average molecular weight is 585 g/mol. The summed E-state index contributed by atoms with van der Waals surface area (Å²) in [5.74, 6) is 0.865. The van der Waals surface area contributed by atoms with Crippen LogP contribution in [-0.2, 0) is 7.05 Å². The van der Waals surface area contributed by atoms with E-state index in [1.54, 1.807) is 22.0 Å². The van der Waals surface area contributed by atoms with Crippen molar-refractivity contribution in [2.24, 2.45) is 7.05 Å². The van der Waals surface area contributed by atoms with Crippen LogP contribution in [0, 0.1) is 0 Å². The molecule has 0 spiro atoms. The zero-order chi connectivity index (χ0) is 28.6. The van der Waals surface area contributed by atoms with E-state index in [9.17, 15) is 4.79 Å². The molecule has 0 aliphatic rings. The Hall–Kier alpha value is -4.78. The maximum Gasteiger partial charge on any atom is 0.251 e. The molecule has 5 nitrogen and oxygen atoms in total. The van der Waals surface area contributed by atoms with E-state index in [0.29, 0.717) is 5.02 Å². The molecule has 0 saturated carbocycles. The lowest BCUT2D eigenvalue weighted by Crippen LogP contribution is -2.17. The number of rotatable bonds is 6. The lowest BCUT2D eigenvalue weighted by molar-refractivity contribution is 0.685. The van der Waals surface area contributed by atoms with Gasteiger partial charge in [-0.05, 0) is 35.4 Å². The Bertz CT molecular complexity index is 2080. The molecule has 0 bridgehead atoms. The van der Waals surface area contributed by atoms with Crippen LogP contribution in [0.3, 0.4) is 0 Å². The van der Waals surface area contributed by atoms with Crippen molar-refractivity contribution in [1.82, 2.24) is 19.1 Å². The van der Waals surface area contributed by atoms with Crippen molar-refractivity contribution in [3.05, 3.63) is 153 Å². The van der Waals surface area contributed by atoms with Gasteiger partial charge in [0.15, 0.2) is 0 Å². The van der Waals surface area contributed by atoms with Crippen LogP contribution in [0.4, 0.5) is 0 Å². The van der Waals surface area contributed by atoms with E-state index in [2.05, 4.69) is 41.0 Å². The van der Waals surface area contributed by atoms with Gasteiger partial charge in [-0.3, -0.25) is 4.79 Å². The molecule has 3 aromatic heterocycles. The van der Waals surface area contributed by atoms with Crippen LogP contribution in [0.2, 0.25) is 5.02 Å². The third-order valence-electron chi connectivity index (χ3n) is 7.55. The molecule has 0 N–H and O–H groups in total. The quantitative estimate of drug-likeness (QED) is 0.197. The normalized spacial score (nSPS) is 12.0. The summed E-state index contributed by atoms with van der Waals surface area (Å²) in [7, 11) is 1.81. The fourth-order valence-electron chi connectivity index (χ4n) is 5.46. The number of benzene rings is 4. The fraction of sp³-hybridized carbons (Fsp3) is 0.0571. The Morgan fingerprint density at radius 2 is 1.50 bits per heavy atom. The molecule has 0 saturated heterocycles. The summed E-state index contributed by atoms with van der Waals surface area (Å²) >= 11 is 7.85.